The quantitative estimate of drug-likeness (QED) is 0.312. The van der Waals surface area contributed by atoms with E-state index in [1.807, 2.05) is 12.1 Å². The summed E-state index contributed by atoms with van der Waals surface area (Å²) in [4.78, 5) is 28.2. The van der Waals surface area contributed by atoms with E-state index < -0.39 is 10.7 Å². The van der Waals surface area contributed by atoms with Crippen LogP contribution in [0.1, 0.15) is 103 Å². The minimum absolute atomic E-state index is 0.135. The molecule has 35 heavy (non-hydrogen) atoms. The van der Waals surface area contributed by atoms with Crippen LogP contribution in [-0.4, -0.2) is 45.4 Å². The SMILES string of the molecule is CCCC(C1CCCCC1)N(CCc1ccc(SC(C)(C)C(=O)O)cc1)C(=O)NC1CCCCC1. The Morgan fingerprint density at radius 3 is 2.20 bits per heavy atom. The molecule has 0 aliphatic heterocycles. The number of hydrogen-bond donors (Lipinski definition) is 2. The summed E-state index contributed by atoms with van der Waals surface area (Å²) in [6.07, 6.45) is 15.3. The predicted molar refractivity (Wildman–Crippen MR) is 145 cm³/mol. The zero-order chi connectivity index (χ0) is 25.3. The molecule has 0 bridgehead atoms. The molecular formula is C29H46N2O3S. The second-order valence-electron chi connectivity index (χ2n) is 11.0. The highest BCUT2D eigenvalue weighted by atomic mass is 32.2. The first-order chi connectivity index (χ1) is 16.8. The van der Waals surface area contributed by atoms with E-state index in [0.29, 0.717) is 18.0 Å². The van der Waals surface area contributed by atoms with Gasteiger partial charge in [-0.2, -0.15) is 0 Å². The monoisotopic (exact) mass is 502 g/mol. The lowest BCUT2D eigenvalue weighted by Crippen LogP contribution is -2.52. The number of benzene rings is 1. The van der Waals surface area contributed by atoms with E-state index in [1.165, 1.54) is 68.7 Å². The Morgan fingerprint density at radius 1 is 1.03 bits per heavy atom. The highest BCUT2D eigenvalue weighted by Gasteiger charge is 2.32. The lowest BCUT2D eigenvalue weighted by molar-refractivity contribution is -0.138. The summed E-state index contributed by atoms with van der Waals surface area (Å²) >= 11 is 1.37. The highest BCUT2D eigenvalue weighted by Crippen LogP contribution is 2.34. The maximum absolute atomic E-state index is 13.6. The number of amides is 2. The molecule has 0 spiro atoms. The molecule has 1 unspecified atom stereocenters. The molecule has 2 aliphatic carbocycles. The van der Waals surface area contributed by atoms with Crippen LogP contribution in [0.5, 0.6) is 0 Å². The number of carboxylic acids is 1. The second-order valence-corrected chi connectivity index (χ2v) is 12.7. The molecule has 0 saturated heterocycles. The number of rotatable bonds is 11. The minimum Gasteiger partial charge on any atom is -0.480 e. The van der Waals surface area contributed by atoms with E-state index >= 15 is 0 Å². The minimum atomic E-state index is -0.858. The number of nitrogens with one attached hydrogen (secondary N) is 1. The topological polar surface area (TPSA) is 69.6 Å². The summed E-state index contributed by atoms with van der Waals surface area (Å²) < 4.78 is -0.858. The van der Waals surface area contributed by atoms with Crippen LogP contribution in [0.25, 0.3) is 0 Å². The van der Waals surface area contributed by atoms with Crippen molar-refractivity contribution >= 4 is 23.8 Å². The molecule has 0 radical (unpaired) electrons. The summed E-state index contributed by atoms with van der Waals surface area (Å²) in [6, 6.07) is 8.98. The molecule has 2 N–H and O–H groups in total. The maximum atomic E-state index is 13.6. The van der Waals surface area contributed by atoms with Gasteiger partial charge < -0.3 is 15.3 Å². The summed E-state index contributed by atoms with van der Waals surface area (Å²) in [7, 11) is 0. The Balaban J connectivity index is 1.70. The molecule has 196 valence electrons. The van der Waals surface area contributed by atoms with Crippen LogP contribution in [0, 0.1) is 5.92 Å². The molecule has 0 aromatic heterocycles. The van der Waals surface area contributed by atoms with E-state index in [9.17, 15) is 14.7 Å². The molecule has 2 aliphatic rings. The van der Waals surface area contributed by atoms with Gasteiger partial charge in [-0.3, -0.25) is 4.79 Å². The van der Waals surface area contributed by atoms with Crippen molar-refractivity contribution in [3.05, 3.63) is 29.8 Å². The van der Waals surface area contributed by atoms with Gasteiger partial charge in [-0.1, -0.05) is 64.0 Å². The fourth-order valence-electron chi connectivity index (χ4n) is 5.70. The first-order valence-electron chi connectivity index (χ1n) is 13.9. The predicted octanol–water partition coefficient (Wildman–Crippen LogP) is 7.28. The van der Waals surface area contributed by atoms with Crippen molar-refractivity contribution in [2.45, 2.75) is 126 Å². The Bertz CT molecular complexity index is 799. The number of carbonyl (C=O) groups excluding carboxylic acids is 1. The van der Waals surface area contributed by atoms with Gasteiger partial charge in [0.25, 0.3) is 0 Å². The zero-order valence-corrected chi connectivity index (χ0v) is 22.9. The third-order valence-electron chi connectivity index (χ3n) is 7.83. The van der Waals surface area contributed by atoms with Crippen LogP contribution in [0.3, 0.4) is 0 Å². The molecular weight excluding hydrogens is 456 g/mol. The molecule has 2 amide bonds. The van der Waals surface area contributed by atoms with E-state index in [-0.39, 0.29) is 6.03 Å². The average molecular weight is 503 g/mol. The van der Waals surface area contributed by atoms with Crippen molar-refractivity contribution in [1.29, 1.82) is 0 Å². The third kappa shape index (κ3) is 8.44. The third-order valence-corrected chi connectivity index (χ3v) is 9.02. The summed E-state index contributed by atoms with van der Waals surface area (Å²) in [5.74, 6) is -0.200. The van der Waals surface area contributed by atoms with Crippen LogP contribution in [0.4, 0.5) is 4.79 Å². The van der Waals surface area contributed by atoms with Gasteiger partial charge in [0.15, 0.2) is 0 Å². The number of urea groups is 1. The van der Waals surface area contributed by atoms with Crippen molar-refractivity contribution in [3.8, 4) is 0 Å². The Hall–Kier alpha value is -1.69. The lowest BCUT2D eigenvalue weighted by atomic mass is 9.81. The molecule has 3 rings (SSSR count). The van der Waals surface area contributed by atoms with Crippen molar-refractivity contribution in [1.82, 2.24) is 10.2 Å². The van der Waals surface area contributed by atoms with Crippen LogP contribution < -0.4 is 5.32 Å². The molecule has 0 heterocycles. The standard InChI is InChI=1S/C29H46N2O3S/c1-4-11-26(23-12-7-5-8-13-23)31(28(34)30-24-14-9-6-10-15-24)21-20-22-16-18-25(19-17-22)35-29(2,3)27(32)33/h16-19,23-24,26H,4-15,20-21H2,1-3H3,(H,30,34)(H,32,33). The molecule has 1 aromatic carbocycles. The fraction of sp³-hybridized carbons (Fsp3) is 0.724. The molecule has 2 saturated carbocycles. The van der Waals surface area contributed by atoms with Crippen LogP contribution in [0.15, 0.2) is 29.2 Å². The van der Waals surface area contributed by atoms with Gasteiger partial charge in [-0.15, -0.1) is 11.8 Å². The van der Waals surface area contributed by atoms with Crippen molar-refractivity contribution < 1.29 is 14.7 Å². The highest BCUT2D eigenvalue weighted by molar-refractivity contribution is 8.01. The second kappa shape index (κ2) is 13.6. The Labute approximate surface area is 216 Å². The average Bonchev–Trinajstić information content (AvgIpc) is 2.85. The van der Waals surface area contributed by atoms with Crippen LogP contribution in [-0.2, 0) is 11.2 Å². The van der Waals surface area contributed by atoms with E-state index in [0.717, 1.165) is 43.5 Å². The van der Waals surface area contributed by atoms with E-state index in [2.05, 4.69) is 29.3 Å². The number of carboxylic acid groups (broad SMARTS) is 1. The summed E-state index contributed by atoms with van der Waals surface area (Å²) in [6.45, 7) is 6.43. The number of nitrogens with zero attached hydrogens (tertiary/aromatic N) is 1. The fourth-order valence-corrected chi connectivity index (χ4v) is 6.64. The first kappa shape index (κ1) is 27.9. The van der Waals surface area contributed by atoms with E-state index in [4.69, 9.17) is 0 Å². The summed E-state index contributed by atoms with van der Waals surface area (Å²) in [5.41, 5.74) is 1.19. The maximum Gasteiger partial charge on any atom is 0.319 e. The number of thioether (sulfide) groups is 1. The van der Waals surface area contributed by atoms with Crippen molar-refractivity contribution in [2.75, 3.05) is 6.54 Å². The molecule has 1 atom stereocenters. The lowest BCUT2D eigenvalue weighted by Gasteiger charge is -2.40. The Kier molecular flexibility index (Phi) is 10.8. The summed E-state index contributed by atoms with van der Waals surface area (Å²) in [5, 5.41) is 12.8. The number of aliphatic carboxylic acids is 1. The van der Waals surface area contributed by atoms with Gasteiger partial charge in [-0.25, -0.2) is 4.79 Å². The molecule has 6 heteroatoms. The van der Waals surface area contributed by atoms with Crippen molar-refractivity contribution in [2.24, 2.45) is 5.92 Å². The molecule has 5 nitrogen and oxygen atoms in total. The van der Waals surface area contributed by atoms with Gasteiger partial charge >= 0.3 is 12.0 Å². The first-order valence-corrected chi connectivity index (χ1v) is 14.7. The molecule has 2 fully saturated rings. The van der Waals surface area contributed by atoms with Crippen molar-refractivity contribution in [3.63, 3.8) is 0 Å². The normalized spacial score (nSPS) is 18.7. The largest absolute Gasteiger partial charge is 0.480 e. The molecule has 1 aromatic rings. The smallest absolute Gasteiger partial charge is 0.319 e. The van der Waals surface area contributed by atoms with Gasteiger partial charge in [0.2, 0.25) is 0 Å². The van der Waals surface area contributed by atoms with Gasteiger partial charge in [-0.05, 0) is 76.0 Å². The zero-order valence-electron chi connectivity index (χ0n) is 22.1. The number of hydrogen-bond acceptors (Lipinski definition) is 3. The number of carbonyl (C=O) groups is 2. The van der Waals surface area contributed by atoms with Gasteiger partial charge in [0.05, 0.1) is 0 Å². The van der Waals surface area contributed by atoms with Gasteiger partial charge in [0, 0.05) is 23.5 Å². The van der Waals surface area contributed by atoms with Crippen LogP contribution >= 0.6 is 11.8 Å². The van der Waals surface area contributed by atoms with Crippen LogP contribution in [0.2, 0.25) is 0 Å². The Morgan fingerprint density at radius 2 is 1.63 bits per heavy atom. The van der Waals surface area contributed by atoms with E-state index in [1.54, 1.807) is 13.8 Å². The van der Waals surface area contributed by atoms with Gasteiger partial charge in [0.1, 0.15) is 4.75 Å².